The predicted octanol–water partition coefficient (Wildman–Crippen LogP) is 3.26. The van der Waals surface area contributed by atoms with Crippen LogP contribution < -0.4 is 5.32 Å². The van der Waals surface area contributed by atoms with Crippen molar-refractivity contribution >= 4 is 10.9 Å². The molecule has 2 aromatic rings. The van der Waals surface area contributed by atoms with Gasteiger partial charge in [-0.1, -0.05) is 11.6 Å². The first-order valence-corrected chi connectivity index (χ1v) is 7.33. The van der Waals surface area contributed by atoms with Crippen LogP contribution >= 0.6 is 0 Å². The van der Waals surface area contributed by atoms with E-state index in [0.717, 1.165) is 5.92 Å². The average Bonchev–Trinajstić information content (AvgIpc) is 2.93. The van der Waals surface area contributed by atoms with Gasteiger partial charge in [0.05, 0.1) is 5.52 Å². The number of hydrogen-bond donors (Lipinski definition) is 1. The van der Waals surface area contributed by atoms with Crippen molar-refractivity contribution < 1.29 is 0 Å². The van der Waals surface area contributed by atoms with Crippen LogP contribution in [0.25, 0.3) is 10.9 Å². The summed E-state index contributed by atoms with van der Waals surface area (Å²) in [6, 6.07) is 4.66. The van der Waals surface area contributed by atoms with Crippen molar-refractivity contribution in [3.05, 3.63) is 34.5 Å². The summed E-state index contributed by atoms with van der Waals surface area (Å²) >= 11 is 0. The van der Waals surface area contributed by atoms with Crippen molar-refractivity contribution in [3.63, 3.8) is 0 Å². The second-order valence-electron chi connectivity index (χ2n) is 6.16. The molecule has 19 heavy (non-hydrogen) atoms. The third-order valence-corrected chi connectivity index (χ3v) is 4.70. The van der Waals surface area contributed by atoms with E-state index in [2.05, 4.69) is 49.8 Å². The largest absolute Gasteiger partial charge is 0.347 e. The lowest BCUT2D eigenvalue weighted by Gasteiger charge is -2.09. The van der Waals surface area contributed by atoms with Gasteiger partial charge in [0.2, 0.25) is 0 Å². The zero-order valence-electron chi connectivity index (χ0n) is 12.5. The van der Waals surface area contributed by atoms with E-state index in [-0.39, 0.29) is 0 Å². The molecule has 0 spiro atoms. The Bertz CT molecular complexity index is 616. The van der Waals surface area contributed by atoms with Crippen molar-refractivity contribution in [2.24, 2.45) is 13.0 Å². The van der Waals surface area contributed by atoms with Gasteiger partial charge < -0.3 is 9.88 Å². The Morgan fingerprint density at radius 2 is 2.05 bits per heavy atom. The molecule has 1 unspecified atom stereocenters. The van der Waals surface area contributed by atoms with Gasteiger partial charge in [0.15, 0.2) is 0 Å². The molecule has 2 heteroatoms. The van der Waals surface area contributed by atoms with E-state index < -0.39 is 0 Å². The monoisotopic (exact) mass is 256 g/mol. The minimum Gasteiger partial charge on any atom is -0.347 e. The summed E-state index contributed by atoms with van der Waals surface area (Å²) in [5.74, 6) is 0.810. The fourth-order valence-corrected chi connectivity index (χ4v) is 3.64. The summed E-state index contributed by atoms with van der Waals surface area (Å²) in [6.07, 6.45) is 2.54. The number of fused-ring (bicyclic) bond motifs is 1. The van der Waals surface area contributed by atoms with E-state index in [1.54, 1.807) is 5.56 Å². The van der Waals surface area contributed by atoms with E-state index in [9.17, 15) is 0 Å². The molecule has 102 valence electrons. The van der Waals surface area contributed by atoms with Gasteiger partial charge >= 0.3 is 0 Å². The maximum absolute atomic E-state index is 3.48. The van der Waals surface area contributed by atoms with E-state index in [0.29, 0.717) is 0 Å². The molecule has 1 fully saturated rings. The summed E-state index contributed by atoms with van der Waals surface area (Å²) in [7, 11) is 2.20. The number of aryl methyl sites for hydroxylation is 3. The highest BCUT2D eigenvalue weighted by atomic mass is 14.9. The SMILES string of the molecule is Cc1cc(C)c2c(c1)c(CC1CCNC1)c(C)n2C. The number of aromatic nitrogens is 1. The second-order valence-corrected chi connectivity index (χ2v) is 6.16. The number of hydrogen-bond acceptors (Lipinski definition) is 1. The van der Waals surface area contributed by atoms with E-state index in [1.807, 2.05) is 0 Å². The summed E-state index contributed by atoms with van der Waals surface area (Å²) < 4.78 is 2.38. The Labute approximate surface area is 115 Å². The fraction of sp³-hybridized carbons (Fsp3) is 0.529. The fourth-order valence-electron chi connectivity index (χ4n) is 3.64. The third kappa shape index (κ3) is 2.08. The zero-order chi connectivity index (χ0) is 13.6. The van der Waals surface area contributed by atoms with Crippen LogP contribution in [0.2, 0.25) is 0 Å². The van der Waals surface area contributed by atoms with Gasteiger partial charge in [-0.2, -0.15) is 0 Å². The van der Waals surface area contributed by atoms with Crippen LogP contribution in [-0.2, 0) is 13.5 Å². The number of nitrogens with one attached hydrogen (secondary N) is 1. The Morgan fingerprint density at radius 3 is 2.74 bits per heavy atom. The van der Waals surface area contributed by atoms with Crippen molar-refractivity contribution in [2.45, 2.75) is 33.6 Å². The van der Waals surface area contributed by atoms with Crippen molar-refractivity contribution in [1.82, 2.24) is 9.88 Å². The first-order chi connectivity index (χ1) is 9.08. The molecule has 1 N–H and O–H groups in total. The van der Waals surface area contributed by atoms with Gasteiger partial charge in [0.1, 0.15) is 0 Å². The molecule has 1 aromatic heterocycles. The van der Waals surface area contributed by atoms with Gasteiger partial charge in [-0.15, -0.1) is 0 Å². The molecule has 1 atom stereocenters. The molecule has 0 amide bonds. The van der Waals surface area contributed by atoms with Crippen molar-refractivity contribution in [1.29, 1.82) is 0 Å². The van der Waals surface area contributed by atoms with Crippen LogP contribution in [0, 0.1) is 26.7 Å². The second kappa shape index (κ2) is 4.68. The van der Waals surface area contributed by atoms with Gasteiger partial charge in [0, 0.05) is 18.1 Å². The molecule has 3 rings (SSSR count). The standard InChI is InChI=1S/C17H24N2/c1-11-7-12(2)17-16(8-11)15(13(3)19(17)4)9-14-5-6-18-10-14/h7-8,14,18H,5-6,9-10H2,1-4H3. The maximum Gasteiger partial charge on any atom is 0.0512 e. The third-order valence-electron chi connectivity index (χ3n) is 4.70. The van der Waals surface area contributed by atoms with Gasteiger partial charge in [-0.25, -0.2) is 0 Å². The van der Waals surface area contributed by atoms with Gasteiger partial charge in [0.25, 0.3) is 0 Å². The van der Waals surface area contributed by atoms with E-state index in [1.165, 1.54) is 53.7 Å². The lowest BCUT2D eigenvalue weighted by Crippen LogP contribution is -2.11. The Hall–Kier alpha value is -1.28. The Kier molecular flexibility index (Phi) is 3.14. The van der Waals surface area contributed by atoms with Crippen molar-refractivity contribution in [2.75, 3.05) is 13.1 Å². The Balaban J connectivity index is 2.14. The molecular formula is C17H24N2. The van der Waals surface area contributed by atoms with Gasteiger partial charge in [-0.05, 0) is 69.8 Å². The summed E-state index contributed by atoms with van der Waals surface area (Å²) in [5, 5.41) is 4.96. The number of nitrogens with zero attached hydrogens (tertiary/aromatic N) is 1. The van der Waals surface area contributed by atoms with Crippen molar-refractivity contribution in [3.8, 4) is 0 Å². The minimum atomic E-state index is 0.810. The molecule has 0 bridgehead atoms. The predicted molar refractivity (Wildman–Crippen MR) is 81.8 cm³/mol. The van der Waals surface area contributed by atoms with Crippen LogP contribution in [0.3, 0.4) is 0 Å². The molecule has 1 aromatic carbocycles. The minimum absolute atomic E-state index is 0.810. The van der Waals surface area contributed by atoms with Crippen LogP contribution in [0.5, 0.6) is 0 Å². The molecular weight excluding hydrogens is 232 g/mol. The normalized spacial score (nSPS) is 19.5. The highest BCUT2D eigenvalue weighted by Crippen LogP contribution is 2.31. The van der Waals surface area contributed by atoms with Crippen LogP contribution in [0.15, 0.2) is 12.1 Å². The maximum atomic E-state index is 3.48. The van der Waals surface area contributed by atoms with E-state index >= 15 is 0 Å². The van der Waals surface area contributed by atoms with Crippen LogP contribution in [-0.4, -0.2) is 17.7 Å². The topological polar surface area (TPSA) is 17.0 Å². The zero-order valence-corrected chi connectivity index (χ0v) is 12.5. The molecule has 0 saturated carbocycles. The van der Waals surface area contributed by atoms with Crippen LogP contribution in [0.1, 0.15) is 28.8 Å². The number of rotatable bonds is 2. The smallest absolute Gasteiger partial charge is 0.0512 e. The molecule has 1 aliphatic rings. The summed E-state index contributed by atoms with van der Waals surface area (Å²) in [6.45, 7) is 9.07. The molecule has 2 heterocycles. The first-order valence-electron chi connectivity index (χ1n) is 7.33. The van der Waals surface area contributed by atoms with Crippen LogP contribution in [0.4, 0.5) is 0 Å². The summed E-state index contributed by atoms with van der Waals surface area (Å²) in [4.78, 5) is 0. The van der Waals surface area contributed by atoms with E-state index in [4.69, 9.17) is 0 Å². The highest BCUT2D eigenvalue weighted by molar-refractivity contribution is 5.88. The Morgan fingerprint density at radius 1 is 1.26 bits per heavy atom. The molecule has 0 aliphatic carbocycles. The highest BCUT2D eigenvalue weighted by Gasteiger charge is 2.20. The first kappa shape index (κ1) is 12.7. The molecule has 2 nitrogen and oxygen atoms in total. The summed E-state index contributed by atoms with van der Waals surface area (Å²) in [5.41, 5.74) is 7.20. The lowest BCUT2D eigenvalue weighted by molar-refractivity contribution is 0.579. The molecule has 1 aliphatic heterocycles. The lowest BCUT2D eigenvalue weighted by atomic mass is 9.95. The molecule has 1 saturated heterocycles. The molecule has 0 radical (unpaired) electrons. The quantitative estimate of drug-likeness (QED) is 0.872. The average molecular weight is 256 g/mol. The van der Waals surface area contributed by atoms with Gasteiger partial charge in [-0.3, -0.25) is 0 Å². The number of benzene rings is 1.